The maximum Gasteiger partial charge on any atom is 0.240 e. The van der Waals surface area contributed by atoms with E-state index in [1.165, 1.54) is 12.1 Å². The molecule has 1 aromatic heterocycles. The van der Waals surface area contributed by atoms with E-state index >= 15 is 0 Å². The minimum Gasteiger partial charge on any atom is -0.489 e. The summed E-state index contributed by atoms with van der Waals surface area (Å²) in [6.07, 6.45) is 3.52. The van der Waals surface area contributed by atoms with Gasteiger partial charge in [-0.05, 0) is 35.9 Å². The van der Waals surface area contributed by atoms with Crippen LogP contribution in [0.1, 0.15) is 17.5 Å². The first kappa shape index (κ1) is 21.5. The smallest absolute Gasteiger partial charge is 0.240 e. The van der Waals surface area contributed by atoms with Gasteiger partial charge in [0.1, 0.15) is 12.4 Å². The van der Waals surface area contributed by atoms with Gasteiger partial charge in [0.2, 0.25) is 15.9 Å². The van der Waals surface area contributed by atoms with Crippen LogP contribution in [0.5, 0.6) is 5.75 Å². The van der Waals surface area contributed by atoms with Gasteiger partial charge in [0.05, 0.1) is 4.90 Å². The number of benzene rings is 2. The first-order chi connectivity index (χ1) is 14.5. The SMILES string of the molecule is O=C(CCNS(=O)(=O)c1ccccc1)NCc1ccc(OCc2cccnc2)cc1. The number of ether oxygens (including phenoxy) is 1. The second-order valence-corrected chi connectivity index (χ2v) is 8.30. The molecule has 0 fully saturated rings. The van der Waals surface area contributed by atoms with E-state index < -0.39 is 10.0 Å². The molecule has 1 amide bonds. The number of sulfonamides is 1. The third kappa shape index (κ3) is 6.68. The summed E-state index contributed by atoms with van der Waals surface area (Å²) in [5, 5.41) is 2.78. The van der Waals surface area contributed by atoms with Crippen molar-refractivity contribution < 1.29 is 17.9 Å². The number of aromatic nitrogens is 1. The quantitative estimate of drug-likeness (QED) is 0.520. The normalized spacial score (nSPS) is 11.1. The lowest BCUT2D eigenvalue weighted by Gasteiger charge is -2.09. The van der Waals surface area contributed by atoms with Gasteiger partial charge in [0, 0.05) is 37.5 Å². The summed E-state index contributed by atoms with van der Waals surface area (Å²) in [6, 6.07) is 19.3. The zero-order valence-corrected chi connectivity index (χ0v) is 17.1. The summed E-state index contributed by atoms with van der Waals surface area (Å²) < 4.78 is 32.4. The van der Waals surface area contributed by atoms with Crippen LogP contribution in [0.4, 0.5) is 0 Å². The van der Waals surface area contributed by atoms with Crippen LogP contribution in [-0.2, 0) is 28.0 Å². The Morgan fingerprint density at radius 3 is 2.40 bits per heavy atom. The lowest BCUT2D eigenvalue weighted by atomic mass is 10.2. The Bertz CT molecular complexity index is 1040. The Hall–Kier alpha value is -3.23. The highest BCUT2D eigenvalue weighted by atomic mass is 32.2. The highest BCUT2D eigenvalue weighted by Crippen LogP contribution is 2.14. The molecule has 0 spiro atoms. The van der Waals surface area contributed by atoms with Gasteiger partial charge in [0.15, 0.2) is 0 Å². The fraction of sp³-hybridized carbons (Fsp3) is 0.182. The van der Waals surface area contributed by atoms with Crippen molar-refractivity contribution >= 4 is 15.9 Å². The zero-order chi connectivity index (χ0) is 21.2. The summed E-state index contributed by atoms with van der Waals surface area (Å²) in [5.74, 6) is 0.493. The minimum absolute atomic E-state index is 0.0319. The van der Waals surface area contributed by atoms with Crippen LogP contribution < -0.4 is 14.8 Å². The van der Waals surface area contributed by atoms with E-state index in [0.29, 0.717) is 13.2 Å². The zero-order valence-electron chi connectivity index (χ0n) is 16.3. The largest absolute Gasteiger partial charge is 0.489 e. The molecule has 7 nitrogen and oxygen atoms in total. The number of rotatable bonds is 10. The molecule has 0 radical (unpaired) electrons. The first-order valence-corrected chi connectivity index (χ1v) is 10.9. The summed E-state index contributed by atoms with van der Waals surface area (Å²) >= 11 is 0. The molecule has 0 saturated carbocycles. The van der Waals surface area contributed by atoms with E-state index in [-0.39, 0.29) is 23.8 Å². The van der Waals surface area contributed by atoms with Crippen molar-refractivity contribution in [2.24, 2.45) is 0 Å². The average molecular weight is 426 g/mol. The van der Waals surface area contributed by atoms with Crippen LogP contribution in [-0.4, -0.2) is 25.9 Å². The molecule has 0 bridgehead atoms. The summed E-state index contributed by atoms with van der Waals surface area (Å²) in [4.78, 5) is 16.2. The van der Waals surface area contributed by atoms with Gasteiger partial charge in [-0.2, -0.15) is 0 Å². The number of amides is 1. The molecule has 0 aliphatic heterocycles. The average Bonchev–Trinajstić information content (AvgIpc) is 2.78. The molecule has 2 N–H and O–H groups in total. The van der Waals surface area contributed by atoms with Crippen molar-refractivity contribution in [1.82, 2.24) is 15.0 Å². The van der Waals surface area contributed by atoms with Crippen LogP contribution in [0, 0.1) is 0 Å². The first-order valence-electron chi connectivity index (χ1n) is 9.45. The van der Waals surface area contributed by atoms with Crippen molar-refractivity contribution in [3.63, 3.8) is 0 Å². The lowest BCUT2D eigenvalue weighted by Crippen LogP contribution is -2.30. The van der Waals surface area contributed by atoms with Gasteiger partial charge in [-0.15, -0.1) is 0 Å². The van der Waals surface area contributed by atoms with E-state index in [1.54, 1.807) is 30.6 Å². The molecule has 1 heterocycles. The van der Waals surface area contributed by atoms with E-state index in [9.17, 15) is 13.2 Å². The lowest BCUT2D eigenvalue weighted by molar-refractivity contribution is -0.121. The fourth-order valence-corrected chi connectivity index (χ4v) is 3.68. The molecule has 8 heteroatoms. The molecular weight excluding hydrogens is 402 g/mol. The molecule has 0 unspecified atom stereocenters. The Morgan fingerprint density at radius 1 is 0.933 bits per heavy atom. The molecule has 30 heavy (non-hydrogen) atoms. The molecular formula is C22H23N3O4S. The number of hydrogen-bond donors (Lipinski definition) is 2. The Labute approximate surface area is 176 Å². The summed E-state index contributed by atoms with van der Waals surface area (Å²) in [6.45, 7) is 0.820. The second kappa shape index (κ2) is 10.5. The molecule has 0 atom stereocenters. The number of nitrogens with zero attached hydrogens (tertiary/aromatic N) is 1. The highest BCUT2D eigenvalue weighted by Gasteiger charge is 2.13. The molecule has 0 aliphatic carbocycles. The van der Waals surface area contributed by atoms with Gasteiger partial charge in [0.25, 0.3) is 0 Å². The van der Waals surface area contributed by atoms with Gasteiger partial charge >= 0.3 is 0 Å². The van der Waals surface area contributed by atoms with E-state index in [4.69, 9.17) is 4.74 Å². The van der Waals surface area contributed by atoms with Gasteiger partial charge < -0.3 is 10.1 Å². The number of hydrogen-bond acceptors (Lipinski definition) is 5. The molecule has 3 rings (SSSR count). The number of nitrogens with one attached hydrogen (secondary N) is 2. The van der Waals surface area contributed by atoms with Crippen molar-refractivity contribution in [3.05, 3.63) is 90.3 Å². The predicted molar refractivity (Wildman–Crippen MR) is 113 cm³/mol. The van der Waals surface area contributed by atoms with Gasteiger partial charge in [-0.1, -0.05) is 36.4 Å². The van der Waals surface area contributed by atoms with Crippen LogP contribution >= 0.6 is 0 Å². The van der Waals surface area contributed by atoms with Crippen LogP contribution in [0.25, 0.3) is 0 Å². The molecule has 3 aromatic rings. The second-order valence-electron chi connectivity index (χ2n) is 6.53. The summed E-state index contributed by atoms with van der Waals surface area (Å²) in [5.41, 5.74) is 1.90. The Morgan fingerprint density at radius 2 is 1.70 bits per heavy atom. The third-order valence-electron chi connectivity index (χ3n) is 4.24. The van der Waals surface area contributed by atoms with Crippen molar-refractivity contribution in [2.75, 3.05) is 6.54 Å². The number of pyridine rings is 1. The van der Waals surface area contributed by atoms with E-state index in [1.807, 2.05) is 36.4 Å². The van der Waals surface area contributed by atoms with E-state index in [2.05, 4.69) is 15.0 Å². The van der Waals surface area contributed by atoms with Crippen molar-refractivity contribution in [2.45, 2.75) is 24.5 Å². The van der Waals surface area contributed by atoms with Gasteiger partial charge in [-0.3, -0.25) is 9.78 Å². The molecule has 0 aliphatic rings. The predicted octanol–water partition coefficient (Wildman–Crippen LogP) is 2.65. The third-order valence-corrected chi connectivity index (χ3v) is 5.72. The maximum absolute atomic E-state index is 12.1. The Balaban J connectivity index is 1.38. The Kier molecular flexibility index (Phi) is 7.53. The maximum atomic E-state index is 12.1. The number of carbonyl (C=O) groups is 1. The minimum atomic E-state index is -3.60. The van der Waals surface area contributed by atoms with Crippen LogP contribution in [0.2, 0.25) is 0 Å². The van der Waals surface area contributed by atoms with E-state index in [0.717, 1.165) is 16.9 Å². The number of carbonyl (C=O) groups excluding carboxylic acids is 1. The fourth-order valence-electron chi connectivity index (χ4n) is 2.62. The monoisotopic (exact) mass is 425 g/mol. The topological polar surface area (TPSA) is 97.4 Å². The highest BCUT2D eigenvalue weighted by molar-refractivity contribution is 7.89. The standard InChI is InChI=1S/C22H23N3O4S/c26-22(12-14-25-30(27,28)21-6-2-1-3-7-21)24-16-18-8-10-20(11-9-18)29-17-19-5-4-13-23-15-19/h1-11,13,15,25H,12,14,16-17H2,(H,24,26). The summed E-state index contributed by atoms with van der Waals surface area (Å²) in [7, 11) is -3.60. The van der Waals surface area contributed by atoms with Crippen LogP contribution in [0.3, 0.4) is 0 Å². The van der Waals surface area contributed by atoms with Crippen LogP contribution in [0.15, 0.2) is 84.0 Å². The van der Waals surface area contributed by atoms with Crippen molar-refractivity contribution in [3.8, 4) is 5.75 Å². The molecule has 156 valence electrons. The molecule has 0 saturated heterocycles. The molecule has 2 aromatic carbocycles. The van der Waals surface area contributed by atoms with Gasteiger partial charge in [-0.25, -0.2) is 13.1 Å². The van der Waals surface area contributed by atoms with Crippen molar-refractivity contribution in [1.29, 1.82) is 0 Å².